The van der Waals surface area contributed by atoms with Crippen molar-refractivity contribution in [2.24, 2.45) is 4.99 Å². The van der Waals surface area contributed by atoms with E-state index in [0.29, 0.717) is 5.75 Å². The van der Waals surface area contributed by atoms with Crippen LogP contribution in [-0.4, -0.2) is 55.2 Å². The Kier molecular flexibility index (Phi) is 9.13. The van der Waals surface area contributed by atoms with Gasteiger partial charge < -0.3 is 20.2 Å². The monoisotopic (exact) mass is 432 g/mol. The summed E-state index contributed by atoms with van der Waals surface area (Å²) in [5.41, 5.74) is 0.926. The van der Waals surface area contributed by atoms with Crippen molar-refractivity contribution in [3.63, 3.8) is 0 Å². The lowest BCUT2D eigenvalue weighted by Crippen LogP contribution is -2.52. The molecule has 1 saturated heterocycles. The van der Waals surface area contributed by atoms with Gasteiger partial charge in [0, 0.05) is 39.3 Å². The second-order valence-corrected chi connectivity index (χ2v) is 5.55. The summed E-state index contributed by atoms with van der Waals surface area (Å²) in [5.74, 6) is 1.38. The van der Waals surface area contributed by atoms with Crippen molar-refractivity contribution in [3.8, 4) is 5.75 Å². The number of hydrogen-bond donors (Lipinski definition) is 2. The summed E-state index contributed by atoms with van der Waals surface area (Å²) >= 11 is 0. The van der Waals surface area contributed by atoms with E-state index in [4.69, 9.17) is 4.99 Å². The number of piperazine rings is 1. The number of nitrogens with one attached hydrogen (secondary N) is 1. The second-order valence-electron chi connectivity index (χ2n) is 5.55. The van der Waals surface area contributed by atoms with Crippen molar-refractivity contribution in [1.82, 2.24) is 10.2 Å². The highest BCUT2D eigenvalue weighted by Gasteiger charge is 2.21. The highest BCUT2D eigenvalue weighted by atomic mass is 127. The fourth-order valence-electron chi connectivity index (χ4n) is 2.66. The molecule has 2 rings (SSSR count). The summed E-state index contributed by atoms with van der Waals surface area (Å²) in [7, 11) is 0. The number of phenols is 1. The summed E-state index contributed by atoms with van der Waals surface area (Å²) < 4.78 is 0. The summed E-state index contributed by atoms with van der Waals surface area (Å²) in [6.45, 7) is 9.72. The maximum atomic E-state index is 9.97. The van der Waals surface area contributed by atoms with Gasteiger partial charge in [0.25, 0.3) is 0 Å². The van der Waals surface area contributed by atoms with Gasteiger partial charge in [-0.3, -0.25) is 4.99 Å². The van der Waals surface area contributed by atoms with Gasteiger partial charge in [-0.25, -0.2) is 0 Å². The summed E-state index contributed by atoms with van der Waals surface area (Å²) in [6, 6.07) is 7.56. The highest BCUT2D eigenvalue weighted by Crippen LogP contribution is 2.27. The first kappa shape index (κ1) is 19.9. The standard InChI is InChI=1S/C17H28N4O.HI/c1-3-5-10-19-17(18-4-2)21-13-11-20(12-14-21)15-8-6-7-9-16(15)22;/h6-9,22H,3-5,10-14H2,1-2H3,(H,18,19);1H. The van der Waals surface area contributed by atoms with Crippen LogP contribution in [0.15, 0.2) is 29.3 Å². The van der Waals surface area contributed by atoms with E-state index < -0.39 is 0 Å². The van der Waals surface area contributed by atoms with E-state index in [1.807, 2.05) is 18.2 Å². The van der Waals surface area contributed by atoms with E-state index in [1.54, 1.807) is 6.07 Å². The third-order valence-electron chi connectivity index (χ3n) is 3.91. The zero-order chi connectivity index (χ0) is 15.8. The minimum atomic E-state index is 0. The quantitative estimate of drug-likeness (QED) is 0.325. The second kappa shape index (κ2) is 10.6. The Labute approximate surface area is 156 Å². The van der Waals surface area contributed by atoms with E-state index >= 15 is 0 Å². The molecule has 1 heterocycles. The maximum absolute atomic E-state index is 9.97. The van der Waals surface area contributed by atoms with Gasteiger partial charge in [0.2, 0.25) is 0 Å². The normalized spacial score (nSPS) is 15.3. The van der Waals surface area contributed by atoms with Crippen LogP contribution in [-0.2, 0) is 0 Å². The molecular formula is C17H29IN4O. The first-order valence-corrected chi connectivity index (χ1v) is 8.32. The summed E-state index contributed by atoms with van der Waals surface area (Å²) in [5, 5.41) is 13.4. The van der Waals surface area contributed by atoms with Crippen LogP contribution in [0.3, 0.4) is 0 Å². The van der Waals surface area contributed by atoms with Crippen molar-refractivity contribution >= 4 is 35.6 Å². The molecule has 0 aliphatic carbocycles. The molecule has 0 unspecified atom stereocenters. The third-order valence-corrected chi connectivity index (χ3v) is 3.91. The molecule has 0 atom stereocenters. The number of hydrogen-bond acceptors (Lipinski definition) is 3. The maximum Gasteiger partial charge on any atom is 0.194 e. The molecule has 1 aliphatic heterocycles. The molecule has 1 aliphatic rings. The summed E-state index contributed by atoms with van der Waals surface area (Å²) in [4.78, 5) is 9.26. The van der Waals surface area contributed by atoms with Crippen LogP contribution in [0, 0.1) is 0 Å². The largest absolute Gasteiger partial charge is 0.506 e. The van der Waals surface area contributed by atoms with E-state index in [-0.39, 0.29) is 24.0 Å². The Morgan fingerprint density at radius 2 is 1.87 bits per heavy atom. The molecule has 130 valence electrons. The Balaban J connectivity index is 0.00000264. The molecule has 0 aromatic heterocycles. The lowest BCUT2D eigenvalue weighted by atomic mass is 10.2. The number of unbranched alkanes of at least 4 members (excludes halogenated alkanes) is 1. The third kappa shape index (κ3) is 5.75. The van der Waals surface area contributed by atoms with Crippen LogP contribution in [0.4, 0.5) is 5.69 Å². The van der Waals surface area contributed by atoms with Crippen molar-refractivity contribution in [3.05, 3.63) is 24.3 Å². The molecule has 6 heteroatoms. The number of nitrogens with zero attached hydrogens (tertiary/aromatic N) is 3. The Hall–Kier alpha value is -1.18. The number of rotatable bonds is 5. The average molecular weight is 432 g/mol. The number of guanidine groups is 1. The summed E-state index contributed by atoms with van der Waals surface area (Å²) in [6.07, 6.45) is 2.30. The Morgan fingerprint density at radius 1 is 1.17 bits per heavy atom. The molecule has 0 spiro atoms. The van der Waals surface area contributed by atoms with E-state index in [1.165, 1.54) is 6.42 Å². The van der Waals surface area contributed by atoms with Gasteiger partial charge in [0.05, 0.1) is 5.69 Å². The molecule has 1 aromatic carbocycles. The number of phenolic OH excluding ortho intramolecular Hbond substituents is 1. The van der Waals surface area contributed by atoms with Crippen molar-refractivity contribution in [1.29, 1.82) is 0 Å². The molecule has 2 N–H and O–H groups in total. The molecule has 0 amide bonds. The van der Waals surface area contributed by atoms with Gasteiger partial charge in [0.15, 0.2) is 5.96 Å². The highest BCUT2D eigenvalue weighted by molar-refractivity contribution is 14.0. The predicted molar refractivity (Wildman–Crippen MR) is 108 cm³/mol. The van der Waals surface area contributed by atoms with Gasteiger partial charge in [-0.05, 0) is 25.5 Å². The van der Waals surface area contributed by atoms with E-state index in [0.717, 1.165) is 57.3 Å². The minimum absolute atomic E-state index is 0. The van der Waals surface area contributed by atoms with Crippen molar-refractivity contribution < 1.29 is 5.11 Å². The molecule has 0 saturated carbocycles. The topological polar surface area (TPSA) is 51.1 Å². The van der Waals surface area contributed by atoms with Gasteiger partial charge in [-0.2, -0.15) is 0 Å². The zero-order valence-corrected chi connectivity index (χ0v) is 16.5. The zero-order valence-electron chi connectivity index (χ0n) is 14.2. The van der Waals surface area contributed by atoms with Crippen LogP contribution < -0.4 is 10.2 Å². The first-order valence-electron chi connectivity index (χ1n) is 8.32. The van der Waals surface area contributed by atoms with Crippen LogP contribution >= 0.6 is 24.0 Å². The molecule has 0 radical (unpaired) electrons. The smallest absolute Gasteiger partial charge is 0.194 e. The van der Waals surface area contributed by atoms with Crippen LogP contribution in [0.1, 0.15) is 26.7 Å². The van der Waals surface area contributed by atoms with Gasteiger partial charge in [0.1, 0.15) is 5.75 Å². The van der Waals surface area contributed by atoms with Crippen molar-refractivity contribution in [2.45, 2.75) is 26.7 Å². The van der Waals surface area contributed by atoms with Crippen molar-refractivity contribution in [2.75, 3.05) is 44.2 Å². The van der Waals surface area contributed by atoms with Crippen LogP contribution in [0.25, 0.3) is 0 Å². The average Bonchev–Trinajstić information content (AvgIpc) is 2.55. The molecule has 23 heavy (non-hydrogen) atoms. The van der Waals surface area contributed by atoms with E-state index in [2.05, 4.69) is 29.0 Å². The molecule has 5 nitrogen and oxygen atoms in total. The lowest BCUT2D eigenvalue weighted by molar-refractivity contribution is 0.369. The number of anilines is 1. The number of aromatic hydroxyl groups is 1. The van der Waals surface area contributed by atoms with E-state index in [9.17, 15) is 5.11 Å². The molecule has 1 aromatic rings. The number of aliphatic imine (C=N–C) groups is 1. The fourth-order valence-corrected chi connectivity index (χ4v) is 2.66. The Morgan fingerprint density at radius 3 is 2.48 bits per heavy atom. The number of para-hydroxylation sites is 2. The minimum Gasteiger partial charge on any atom is -0.506 e. The number of halogens is 1. The van der Waals surface area contributed by atoms with Gasteiger partial charge in [-0.1, -0.05) is 25.5 Å². The SMILES string of the molecule is CCCCN=C(NCC)N1CCN(c2ccccc2O)CC1.I. The molecule has 0 bridgehead atoms. The predicted octanol–water partition coefficient (Wildman–Crippen LogP) is 2.90. The molecular weight excluding hydrogens is 403 g/mol. The van der Waals surface area contributed by atoms with Gasteiger partial charge >= 0.3 is 0 Å². The van der Waals surface area contributed by atoms with Gasteiger partial charge in [-0.15, -0.1) is 24.0 Å². The van der Waals surface area contributed by atoms with Crippen LogP contribution in [0.2, 0.25) is 0 Å². The number of benzene rings is 1. The Bertz CT molecular complexity index is 487. The first-order chi connectivity index (χ1) is 10.8. The van der Waals surface area contributed by atoms with Crippen LogP contribution in [0.5, 0.6) is 5.75 Å². The lowest BCUT2D eigenvalue weighted by Gasteiger charge is -2.37. The molecule has 1 fully saturated rings. The fraction of sp³-hybridized carbons (Fsp3) is 0.588.